The van der Waals surface area contributed by atoms with Crippen molar-refractivity contribution in [2.24, 2.45) is 0 Å². The molecular weight excluding hydrogens is 299 g/mol. The fraction of sp³-hybridized carbons (Fsp3) is 0.231. The minimum Gasteiger partial charge on any atom is -0.382 e. The highest BCUT2D eigenvalue weighted by Crippen LogP contribution is 2.22. The van der Waals surface area contributed by atoms with Crippen LogP contribution in [0.2, 0.25) is 10.0 Å². The Bertz CT molecular complexity index is 627. The molecule has 0 radical (unpaired) electrons. The zero-order valence-electron chi connectivity index (χ0n) is 10.9. The van der Waals surface area contributed by atoms with Crippen LogP contribution in [0.5, 0.6) is 0 Å². The van der Waals surface area contributed by atoms with Crippen LogP contribution in [0.25, 0.3) is 0 Å². The second-order valence-electron chi connectivity index (χ2n) is 4.42. The number of carbonyl (C=O) groups is 1. The van der Waals surface area contributed by atoms with E-state index in [1.54, 1.807) is 42.4 Å². The molecule has 0 aliphatic carbocycles. The molecule has 0 unspecified atom stereocenters. The molecular formula is C13H14Cl2N4O. The predicted molar refractivity (Wildman–Crippen MR) is 79.6 cm³/mol. The summed E-state index contributed by atoms with van der Waals surface area (Å²) in [5.74, 6) is 0.306. The molecule has 1 aromatic carbocycles. The second kappa shape index (κ2) is 6.15. The van der Waals surface area contributed by atoms with Gasteiger partial charge in [-0.3, -0.25) is 9.48 Å². The number of nitrogen functional groups attached to an aromatic ring is 1. The maximum atomic E-state index is 12.1. The van der Waals surface area contributed by atoms with Gasteiger partial charge >= 0.3 is 0 Å². The van der Waals surface area contributed by atoms with E-state index in [0.717, 1.165) is 5.56 Å². The summed E-state index contributed by atoms with van der Waals surface area (Å²) in [4.78, 5) is 13.6. The molecule has 0 aliphatic rings. The van der Waals surface area contributed by atoms with Gasteiger partial charge in [-0.2, -0.15) is 5.10 Å². The number of anilines is 1. The standard InChI is InChI=1S/C13H14Cl2N4O/c1-18(7-9-2-3-10(14)6-11(9)15)13(20)8-19-5-4-12(16)17-19/h2-6H,7-8H2,1H3,(H2,16,17). The number of likely N-dealkylation sites (N-methyl/N-ethyl adjacent to an activating group) is 1. The second-order valence-corrected chi connectivity index (χ2v) is 5.27. The molecule has 1 heterocycles. The van der Waals surface area contributed by atoms with Crippen molar-refractivity contribution >= 4 is 34.9 Å². The van der Waals surface area contributed by atoms with Gasteiger partial charge in [-0.15, -0.1) is 0 Å². The molecule has 106 valence electrons. The zero-order valence-corrected chi connectivity index (χ0v) is 12.4. The summed E-state index contributed by atoms with van der Waals surface area (Å²) < 4.78 is 1.50. The van der Waals surface area contributed by atoms with Crippen LogP contribution in [-0.2, 0) is 17.9 Å². The normalized spacial score (nSPS) is 10.6. The molecule has 1 aromatic heterocycles. The SMILES string of the molecule is CN(Cc1ccc(Cl)cc1Cl)C(=O)Cn1ccc(N)n1. The summed E-state index contributed by atoms with van der Waals surface area (Å²) in [5, 5.41) is 5.08. The zero-order chi connectivity index (χ0) is 14.7. The highest BCUT2D eigenvalue weighted by molar-refractivity contribution is 6.35. The lowest BCUT2D eigenvalue weighted by Crippen LogP contribution is -2.30. The van der Waals surface area contributed by atoms with E-state index in [1.807, 2.05) is 0 Å². The van der Waals surface area contributed by atoms with Gasteiger partial charge in [-0.25, -0.2) is 0 Å². The lowest BCUT2D eigenvalue weighted by Gasteiger charge is -2.18. The van der Waals surface area contributed by atoms with E-state index in [9.17, 15) is 4.79 Å². The summed E-state index contributed by atoms with van der Waals surface area (Å²) in [7, 11) is 1.71. The molecule has 0 fully saturated rings. The van der Waals surface area contributed by atoms with Crippen LogP contribution in [0, 0.1) is 0 Å². The summed E-state index contributed by atoms with van der Waals surface area (Å²) in [6.07, 6.45) is 1.66. The van der Waals surface area contributed by atoms with Crippen LogP contribution in [0.3, 0.4) is 0 Å². The summed E-state index contributed by atoms with van der Waals surface area (Å²) in [6, 6.07) is 6.85. The third-order valence-electron chi connectivity index (χ3n) is 2.81. The molecule has 7 heteroatoms. The van der Waals surface area contributed by atoms with E-state index in [0.29, 0.717) is 22.4 Å². The number of carbonyl (C=O) groups excluding carboxylic acids is 1. The first-order valence-corrected chi connectivity index (χ1v) is 6.68. The molecule has 20 heavy (non-hydrogen) atoms. The van der Waals surface area contributed by atoms with Crippen molar-refractivity contribution in [1.82, 2.24) is 14.7 Å². The molecule has 5 nitrogen and oxygen atoms in total. The van der Waals surface area contributed by atoms with Gasteiger partial charge in [0.15, 0.2) is 0 Å². The topological polar surface area (TPSA) is 64.2 Å². The number of amides is 1. The highest BCUT2D eigenvalue weighted by atomic mass is 35.5. The Morgan fingerprint density at radius 3 is 2.75 bits per heavy atom. The Balaban J connectivity index is 2.00. The third-order valence-corrected chi connectivity index (χ3v) is 3.39. The molecule has 0 spiro atoms. The van der Waals surface area contributed by atoms with Gasteiger partial charge in [0.1, 0.15) is 12.4 Å². The van der Waals surface area contributed by atoms with Crippen LogP contribution in [0.4, 0.5) is 5.82 Å². The third kappa shape index (κ3) is 3.65. The minimum atomic E-state index is -0.0842. The van der Waals surface area contributed by atoms with Crippen molar-refractivity contribution in [2.45, 2.75) is 13.1 Å². The Morgan fingerprint density at radius 1 is 1.40 bits per heavy atom. The monoisotopic (exact) mass is 312 g/mol. The lowest BCUT2D eigenvalue weighted by atomic mass is 10.2. The van der Waals surface area contributed by atoms with Crippen LogP contribution in [-0.4, -0.2) is 27.6 Å². The van der Waals surface area contributed by atoms with Crippen molar-refractivity contribution < 1.29 is 4.79 Å². The quantitative estimate of drug-likeness (QED) is 0.943. The van der Waals surface area contributed by atoms with E-state index in [4.69, 9.17) is 28.9 Å². The number of halogens is 2. The number of nitrogens with zero attached hydrogens (tertiary/aromatic N) is 3. The van der Waals surface area contributed by atoms with Gasteiger partial charge in [0.05, 0.1) is 0 Å². The predicted octanol–water partition coefficient (Wildman–Crippen LogP) is 2.43. The fourth-order valence-corrected chi connectivity index (χ4v) is 2.19. The van der Waals surface area contributed by atoms with Crippen LogP contribution >= 0.6 is 23.2 Å². The summed E-state index contributed by atoms with van der Waals surface area (Å²) in [5.41, 5.74) is 6.34. The van der Waals surface area contributed by atoms with E-state index < -0.39 is 0 Å². The minimum absolute atomic E-state index is 0.0842. The molecule has 2 N–H and O–H groups in total. The van der Waals surface area contributed by atoms with Crippen LogP contribution in [0.15, 0.2) is 30.5 Å². The van der Waals surface area contributed by atoms with Gasteiger partial charge in [0.2, 0.25) is 5.91 Å². The Labute approximate surface area is 126 Å². The number of nitrogens with two attached hydrogens (primary N) is 1. The smallest absolute Gasteiger partial charge is 0.244 e. The fourth-order valence-electron chi connectivity index (χ4n) is 1.72. The van der Waals surface area contributed by atoms with Crippen molar-refractivity contribution in [3.63, 3.8) is 0 Å². The molecule has 2 rings (SSSR count). The number of rotatable bonds is 4. The van der Waals surface area contributed by atoms with E-state index >= 15 is 0 Å². The first-order valence-electron chi connectivity index (χ1n) is 5.92. The van der Waals surface area contributed by atoms with E-state index in [2.05, 4.69) is 5.10 Å². The average Bonchev–Trinajstić information content (AvgIpc) is 2.78. The van der Waals surface area contributed by atoms with Gasteiger partial charge < -0.3 is 10.6 Å². The van der Waals surface area contributed by atoms with Crippen LogP contribution < -0.4 is 5.73 Å². The van der Waals surface area contributed by atoms with E-state index in [-0.39, 0.29) is 12.5 Å². The molecule has 0 saturated carbocycles. The molecule has 0 atom stereocenters. The molecule has 0 bridgehead atoms. The first-order chi connectivity index (χ1) is 9.45. The van der Waals surface area contributed by atoms with E-state index in [1.165, 1.54) is 4.68 Å². The molecule has 1 amide bonds. The molecule has 0 saturated heterocycles. The lowest BCUT2D eigenvalue weighted by molar-refractivity contribution is -0.131. The Hall–Kier alpha value is -1.72. The van der Waals surface area contributed by atoms with Gasteiger partial charge in [0.25, 0.3) is 0 Å². The first kappa shape index (κ1) is 14.7. The Kier molecular flexibility index (Phi) is 4.52. The average molecular weight is 313 g/mol. The van der Waals surface area contributed by atoms with Gasteiger partial charge in [-0.1, -0.05) is 29.3 Å². The maximum Gasteiger partial charge on any atom is 0.244 e. The van der Waals surface area contributed by atoms with Crippen molar-refractivity contribution in [2.75, 3.05) is 12.8 Å². The van der Waals surface area contributed by atoms with Gasteiger partial charge in [-0.05, 0) is 23.8 Å². The molecule has 2 aromatic rings. The van der Waals surface area contributed by atoms with Crippen LogP contribution in [0.1, 0.15) is 5.56 Å². The maximum absolute atomic E-state index is 12.1. The highest BCUT2D eigenvalue weighted by Gasteiger charge is 2.12. The largest absolute Gasteiger partial charge is 0.382 e. The number of hydrogen-bond acceptors (Lipinski definition) is 3. The van der Waals surface area contributed by atoms with Crippen molar-refractivity contribution in [1.29, 1.82) is 0 Å². The number of aromatic nitrogens is 2. The van der Waals surface area contributed by atoms with Gasteiger partial charge in [0, 0.05) is 29.8 Å². The number of benzene rings is 1. The summed E-state index contributed by atoms with van der Waals surface area (Å²) in [6.45, 7) is 0.546. The Morgan fingerprint density at radius 2 is 2.15 bits per heavy atom. The van der Waals surface area contributed by atoms with Crippen molar-refractivity contribution in [3.8, 4) is 0 Å². The molecule has 0 aliphatic heterocycles. The van der Waals surface area contributed by atoms with Crippen molar-refractivity contribution in [3.05, 3.63) is 46.1 Å². The summed E-state index contributed by atoms with van der Waals surface area (Å²) >= 11 is 11.9. The number of hydrogen-bond donors (Lipinski definition) is 1.